The molecule has 2 heterocycles. The molecule has 0 saturated carbocycles. The van der Waals surface area contributed by atoms with Gasteiger partial charge in [-0.3, -0.25) is 9.69 Å². The number of fused-ring (bicyclic) bond motifs is 1. The van der Waals surface area contributed by atoms with Crippen molar-refractivity contribution in [2.45, 2.75) is 57.4 Å². The summed E-state index contributed by atoms with van der Waals surface area (Å²) in [7, 11) is -0.465. The molecule has 0 spiro atoms. The van der Waals surface area contributed by atoms with Gasteiger partial charge in [-0.25, -0.2) is 13.4 Å². The van der Waals surface area contributed by atoms with Crippen molar-refractivity contribution >= 4 is 42.6 Å². The second kappa shape index (κ2) is 13.3. The molecule has 11 heteroatoms. The summed E-state index contributed by atoms with van der Waals surface area (Å²) >= 11 is 1.41. The number of amides is 1. The molecular weight excluding hydrogens is 548 g/mol. The van der Waals surface area contributed by atoms with Crippen LogP contribution in [-0.4, -0.2) is 81.5 Å². The molecule has 2 aromatic carbocycles. The van der Waals surface area contributed by atoms with E-state index in [1.54, 1.807) is 47.7 Å². The zero-order valence-corrected chi connectivity index (χ0v) is 25.7. The SMILES string of the molecule is CCC1CCCCN1S(=O)(=O)c1ccc(C(=O)N(CCN(CC)CC)c2nc3cc(OC)c(OC)cc3s2)cc1. The minimum atomic E-state index is -3.63. The largest absolute Gasteiger partial charge is 0.493 e. The first-order chi connectivity index (χ1) is 19.3. The molecule has 1 aromatic heterocycles. The minimum absolute atomic E-state index is 0.0203. The Kier molecular flexibility index (Phi) is 10.0. The molecule has 218 valence electrons. The van der Waals surface area contributed by atoms with E-state index in [1.165, 1.54) is 11.3 Å². The van der Waals surface area contributed by atoms with Gasteiger partial charge in [0.2, 0.25) is 10.0 Å². The van der Waals surface area contributed by atoms with Crippen LogP contribution in [0.4, 0.5) is 5.13 Å². The van der Waals surface area contributed by atoms with E-state index in [-0.39, 0.29) is 16.8 Å². The average Bonchev–Trinajstić information content (AvgIpc) is 3.40. The molecule has 1 atom stereocenters. The number of hydrogen-bond acceptors (Lipinski definition) is 8. The van der Waals surface area contributed by atoms with Crippen LogP contribution in [0.15, 0.2) is 41.3 Å². The Balaban J connectivity index is 1.65. The number of thiazole rings is 1. The van der Waals surface area contributed by atoms with Crippen molar-refractivity contribution in [3.63, 3.8) is 0 Å². The first kappa shape index (κ1) is 30.2. The van der Waals surface area contributed by atoms with Crippen LogP contribution in [0.2, 0.25) is 0 Å². The molecule has 3 aromatic rings. The Morgan fingerprint density at radius 2 is 1.70 bits per heavy atom. The van der Waals surface area contributed by atoms with E-state index < -0.39 is 10.0 Å². The van der Waals surface area contributed by atoms with Crippen LogP contribution in [0.5, 0.6) is 11.5 Å². The van der Waals surface area contributed by atoms with E-state index in [0.29, 0.717) is 47.3 Å². The summed E-state index contributed by atoms with van der Waals surface area (Å²) in [4.78, 5) is 22.8. The fourth-order valence-corrected chi connectivity index (χ4v) is 7.95. The second-order valence-electron chi connectivity index (χ2n) is 9.85. The topological polar surface area (TPSA) is 92.3 Å². The number of carbonyl (C=O) groups excluding carboxylic acids is 1. The van der Waals surface area contributed by atoms with Crippen LogP contribution < -0.4 is 14.4 Å². The Hall–Kier alpha value is -2.73. The molecule has 40 heavy (non-hydrogen) atoms. The molecule has 1 unspecified atom stereocenters. The number of likely N-dealkylation sites (N-methyl/N-ethyl adjacent to an activating group) is 1. The molecule has 0 N–H and O–H groups in total. The van der Waals surface area contributed by atoms with E-state index in [0.717, 1.165) is 43.5 Å². The highest BCUT2D eigenvalue weighted by Crippen LogP contribution is 2.37. The molecule has 0 radical (unpaired) electrons. The van der Waals surface area contributed by atoms with Crippen molar-refractivity contribution in [1.82, 2.24) is 14.2 Å². The highest BCUT2D eigenvalue weighted by atomic mass is 32.2. The van der Waals surface area contributed by atoms with Crippen LogP contribution in [0.25, 0.3) is 10.2 Å². The lowest BCUT2D eigenvalue weighted by Gasteiger charge is -2.34. The van der Waals surface area contributed by atoms with Gasteiger partial charge in [-0.15, -0.1) is 0 Å². The summed E-state index contributed by atoms with van der Waals surface area (Å²) in [5.41, 5.74) is 1.13. The summed E-state index contributed by atoms with van der Waals surface area (Å²) in [6.45, 7) is 9.62. The fourth-order valence-electron chi connectivity index (χ4n) is 5.18. The molecular formula is C29H40N4O5S2. The Morgan fingerprint density at radius 3 is 2.33 bits per heavy atom. The number of hydrogen-bond donors (Lipinski definition) is 0. The third kappa shape index (κ3) is 6.27. The standard InChI is InChI=1S/C29H40N4O5S2/c1-6-22-11-9-10-16-33(22)40(35,36)23-14-12-21(13-15-23)28(34)32(18-17-31(7-2)8-3)29-30-24-19-25(37-4)26(38-5)20-27(24)39-29/h12-15,19-20,22H,6-11,16-18H2,1-5H3. The lowest BCUT2D eigenvalue weighted by atomic mass is 10.0. The maximum atomic E-state index is 13.9. The smallest absolute Gasteiger partial charge is 0.260 e. The molecule has 0 bridgehead atoms. The average molecular weight is 589 g/mol. The van der Waals surface area contributed by atoms with Gasteiger partial charge in [0.05, 0.1) is 29.3 Å². The van der Waals surface area contributed by atoms with Gasteiger partial charge < -0.3 is 14.4 Å². The Bertz CT molecular complexity index is 1360. The quantitative estimate of drug-likeness (QED) is 0.285. The number of rotatable bonds is 12. The molecule has 4 rings (SSSR count). The number of ether oxygens (including phenoxy) is 2. The van der Waals surface area contributed by atoms with E-state index >= 15 is 0 Å². The third-order valence-electron chi connectivity index (χ3n) is 7.65. The van der Waals surface area contributed by atoms with Crippen molar-refractivity contribution in [3.05, 3.63) is 42.0 Å². The maximum absolute atomic E-state index is 13.9. The lowest BCUT2D eigenvalue weighted by molar-refractivity contribution is 0.0983. The third-order valence-corrected chi connectivity index (χ3v) is 10.7. The van der Waals surface area contributed by atoms with Gasteiger partial charge in [0.15, 0.2) is 16.6 Å². The summed E-state index contributed by atoms with van der Waals surface area (Å²) in [6.07, 6.45) is 3.59. The molecule has 1 amide bonds. The molecule has 9 nitrogen and oxygen atoms in total. The summed E-state index contributed by atoms with van der Waals surface area (Å²) < 4.78 is 40.3. The van der Waals surface area contributed by atoms with E-state index in [2.05, 4.69) is 18.7 Å². The van der Waals surface area contributed by atoms with Gasteiger partial charge in [0.1, 0.15) is 0 Å². The normalized spacial score (nSPS) is 16.4. The van der Waals surface area contributed by atoms with Gasteiger partial charge >= 0.3 is 0 Å². The molecule has 1 aliphatic rings. The molecule has 0 aliphatic carbocycles. The van der Waals surface area contributed by atoms with Gasteiger partial charge in [-0.1, -0.05) is 38.5 Å². The van der Waals surface area contributed by atoms with E-state index in [4.69, 9.17) is 14.5 Å². The highest BCUT2D eigenvalue weighted by Gasteiger charge is 2.33. The number of sulfonamides is 1. The second-order valence-corrected chi connectivity index (χ2v) is 12.8. The van der Waals surface area contributed by atoms with Gasteiger partial charge in [-0.2, -0.15) is 4.31 Å². The number of benzene rings is 2. The fraction of sp³-hybridized carbons (Fsp3) is 0.517. The maximum Gasteiger partial charge on any atom is 0.260 e. The van der Waals surface area contributed by atoms with Crippen molar-refractivity contribution < 1.29 is 22.7 Å². The Morgan fingerprint density at radius 1 is 1.02 bits per heavy atom. The number of methoxy groups -OCH3 is 2. The number of anilines is 1. The van der Waals surface area contributed by atoms with Crippen molar-refractivity contribution in [3.8, 4) is 11.5 Å². The summed E-state index contributed by atoms with van der Waals surface area (Å²) in [5.74, 6) is 0.948. The number of aromatic nitrogens is 1. The monoisotopic (exact) mass is 588 g/mol. The summed E-state index contributed by atoms with van der Waals surface area (Å²) in [6, 6.07) is 10.0. The zero-order chi connectivity index (χ0) is 28.9. The predicted molar refractivity (Wildman–Crippen MR) is 160 cm³/mol. The number of nitrogens with zero attached hydrogens (tertiary/aromatic N) is 4. The number of carbonyl (C=O) groups is 1. The molecule has 1 aliphatic heterocycles. The first-order valence-corrected chi connectivity index (χ1v) is 16.2. The van der Waals surface area contributed by atoms with Gasteiger partial charge in [-0.05, 0) is 56.6 Å². The van der Waals surface area contributed by atoms with Crippen molar-refractivity contribution in [1.29, 1.82) is 0 Å². The van der Waals surface area contributed by atoms with Crippen LogP contribution >= 0.6 is 11.3 Å². The van der Waals surface area contributed by atoms with E-state index in [9.17, 15) is 13.2 Å². The predicted octanol–water partition coefficient (Wildman–Crippen LogP) is 5.26. The minimum Gasteiger partial charge on any atom is -0.493 e. The highest BCUT2D eigenvalue weighted by molar-refractivity contribution is 7.89. The Labute approximate surface area is 241 Å². The van der Waals surface area contributed by atoms with E-state index in [1.807, 2.05) is 19.1 Å². The lowest BCUT2D eigenvalue weighted by Crippen LogP contribution is -2.43. The first-order valence-electron chi connectivity index (χ1n) is 14.0. The van der Waals surface area contributed by atoms with Crippen LogP contribution in [0.1, 0.15) is 56.8 Å². The summed E-state index contributed by atoms with van der Waals surface area (Å²) in [5, 5.41) is 0.568. The van der Waals surface area contributed by atoms with Gasteiger partial charge in [0, 0.05) is 43.4 Å². The van der Waals surface area contributed by atoms with Crippen molar-refractivity contribution in [2.24, 2.45) is 0 Å². The number of piperidine rings is 1. The van der Waals surface area contributed by atoms with Crippen LogP contribution in [-0.2, 0) is 10.0 Å². The van der Waals surface area contributed by atoms with Crippen LogP contribution in [0, 0.1) is 0 Å². The molecule has 1 fully saturated rings. The zero-order valence-electron chi connectivity index (χ0n) is 24.1. The molecule has 1 saturated heterocycles. The van der Waals surface area contributed by atoms with Crippen LogP contribution in [0.3, 0.4) is 0 Å². The van der Waals surface area contributed by atoms with Gasteiger partial charge in [0.25, 0.3) is 5.91 Å². The van der Waals surface area contributed by atoms with Crippen molar-refractivity contribution in [2.75, 3.05) is 51.8 Å².